The molecule has 120 valence electrons. The predicted molar refractivity (Wildman–Crippen MR) is 87.2 cm³/mol. The highest BCUT2D eigenvalue weighted by Gasteiger charge is 2.22. The molecule has 0 saturated carbocycles. The number of halogens is 1. The van der Waals surface area contributed by atoms with Gasteiger partial charge in [0.2, 0.25) is 10.0 Å². The van der Waals surface area contributed by atoms with E-state index in [0.717, 1.165) is 8.66 Å². The monoisotopic (exact) mass is 397 g/mol. The maximum Gasteiger partial charge on any atom is 0.303 e. The number of hydrogen-bond acceptors (Lipinski definition) is 4. The largest absolute Gasteiger partial charge is 0.481 e. The molecule has 0 atom stereocenters. The number of aliphatic carboxylic acids is 1. The SMILES string of the molecule is Cc1sc(Br)cc1S(=O)(=O)NCCC(C)(C)CCC(=O)O. The Morgan fingerprint density at radius 3 is 2.52 bits per heavy atom. The Balaban J connectivity index is 2.58. The molecule has 0 saturated heterocycles. The Labute approximate surface area is 137 Å². The van der Waals surface area contributed by atoms with Crippen molar-refractivity contribution in [2.24, 2.45) is 5.41 Å². The number of carboxylic acid groups (broad SMARTS) is 1. The van der Waals surface area contributed by atoms with Crippen molar-refractivity contribution in [3.05, 3.63) is 14.7 Å². The second kappa shape index (κ2) is 7.21. The van der Waals surface area contributed by atoms with Crippen molar-refractivity contribution >= 4 is 43.3 Å². The van der Waals surface area contributed by atoms with Crippen LogP contribution in [0.2, 0.25) is 0 Å². The normalized spacial score (nSPS) is 12.6. The van der Waals surface area contributed by atoms with Gasteiger partial charge in [-0.1, -0.05) is 13.8 Å². The van der Waals surface area contributed by atoms with Crippen LogP contribution in [0.3, 0.4) is 0 Å². The van der Waals surface area contributed by atoms with Crippen molar-refractivity contribution in [2.45, 2.75) is 44.9 Å². The van der Waals surface area contributed by atoms with E-state index in [-0.39, 0.29) is 11.8 Å². The van der Waals surface area contributed by atoms with Crippen LogP contribution in [0.5, 0.6) is 0 Å². The maximum atomic E-state index is 12.2. The first-order chi connectivity index (χ1) is 9.53. The average Bonchev–Trinajstić information content (AvgIpc) is 2.66. The molecule has 1 aromatic rings. The van der Waals surface area contributed by atoms with E-state index in [9.17, 15) is 13.2 Å². The highest BCUT2D eigenvalue weighted by molar-refractivity contribution is 9.11. The molecule has 0 aliphatic heterocycles. The predicted octanol–water partition coefficient (Wildman–Crippen LogP) is 3.38. The number of carbonyl (C=O) groups is 1. The van der Waals surface area contributed by atoms with Crippen molar-refractivity contribution in [1.82, 2.24) is 4.72 Å². The van der Waals surface area contributed by atoms with Crippen LogP contribution in [-0.4, -0.2) is 26.0 Å². The van der Waals surface area contributed by atoms with E-state index in [1.54, 1.807) is 13.0 Å². The highest BCUT2D eigenvalue weighted by atomic mass is 79.9. The zero-order chi connectivity index (χ0) is 16.3. The van der Waals surface area contributed by atoms with Crippen LogP contribution in [0, 0.1) is 12.3 Å². The maximum absolute atomic E-state index is 12.2. The fourth-order valence-corrected chi connectivity index (χ4v) is 5.31. The van der Waals surface area contributed by atoms with Crippen LogP contribution >= 0.6 is 27.3 Å². The van der Waals surface area contributed by atoms with Gasteiger partial charge >= 0.3 is 5.97 Å². The molecule has 0 spiro atoms. The third kappa shape index (κ3) is 6.06. The molecular formula is C13H20BrNO4S2. The lowest BCUT2D eigenvalue weighted by atomic mass is 9.84. The summed E-state index contributed by atoms with van der Waals surface area (Å²) < 4.78 is 27.8. The molecule has 0 amide bonds. The Bertz CT molecular complexity index is 608. The number of sulfonamides is 1. The fourth-order valence-electron chi connectivity index (χ4n) is 1.87. The zero-order valence-electron chi connectivity index (χ0n) is 12.3. The van der Waals surface area contributed by atoms with Crippen LogP contribution in [0.25, 0.3) is 0 Å². The summed E-state index contributed by atoms with van der Waals surface area (Å²) in [5.41, 5.74) is -0.217. The summed E-state index contributed by atoms with van der Waals surface area (Å²) in [6.07, 6.45) is 1.20. The lowest BCUT2D eigenvalue weighted by molar-refractivity contribution is -0.137. The standard InChI is InChI=1S/C13H20BrNO4S2/c1-9-10(8-11(14)20-9)21(18,19)15-7-6-13(2,3)5-4-12(16)17/h8,15H,4-7H2,1-3H3,(H,16,17). The minimum absolute atomic E-state index is 0.0936. The average molecular weight is 398 g/mol. The molecule has 0 aromatic carbocycles. The van der Waals surface area contributed by atoms with Crippen LogP contribution in [0.4, 0.5) is 0 Å². The van der Waals surface area contributed by atoms with Gasteiger partial charge in [-0.3, -0.25) is 4.79 Å². The van der Waals surface area contributed by atoms with Crippen molar-refractivity contribution in [3.63, 3.8) is 0 Å². The van der Waals surface area contributed by atoms with E-state index >= 15 is 0 Å². The van der Waals surface area contributed by atoms with Gasteiger partial charge in [0.05, 0.1) is 8.68 Å². The lowest BCUT2D eigenvalue weighted by Gasteiger charge is -2.23. The van der Waals surface area contributed by atoms with Crippen LogP contribution in [0.1, 0.15) is 38.0 Å². The smallest absolute Gasteiger partial charge is 0.303 e. The molecule has 0 aliphatic rings. The van der Waals surface area contributed by atoms with E-state index in [4.69, 9.17) is 5.11 Å². The van der Waals surface area contributed by atoms with Crippen molar-refractivity contribution < 1.29 is 18.3 Å². The van der Waals surface area contributed by atoms with Crippen LogP contribution < -0.4 is 4.72 Å². The Morgan fingerprint density at radius 1 is 1.43 bits per heavy atom. The summed E-state index contributed by atoms with van der Waals surface area (Å²) >= 11 is 4.66. The molecule has 0 radical (unpaired) electrons. The summed E-state index contributed by atoms with van der Waals surface area (Å²) in [5, 5.41) is 8.70. The molecule has 1 rings (SSSR count). The summed E-state index contributed by atoms with van der Waals surface area (Å²) in [5.74, 6) is -0.831. The molecule has 1 aromatic heterocycles. The topological polar surface area (TPSA) is 83.5 Å². The lowest BCUT2D eigenvalue weighted by Crippen LogP contribution is -2.28. The van der Waals surface area contributed by atoms with E-state index in [1.165, 1.54) is 11.3 Å². The Hall–Kier alpha value is -0.440. The van der Waals surface area contributed by atoms with Gasteiger partial charge in [0.25, 0.3) is 0 Å². The van der Waals surface area contributed by atoms with Crippen molar-refractivity contribution in [2.75, 3.05) is 6.54 Å². The van der Waals surface area contributed by atoms with E-state index in [0.29, 0.717) is 24.3 Å². The first kappa shape index (κ1) is 18.6. The van der Waals surface area contributed by atoms with Gasteiger partial charge in [0, 0.05) is 17.8 Å². The fraction of sp³-hybridized carbons (Fsp3) is 0.615. The van der Waals surface area contributed by atoms with Gasteiger partial charge in [-0.25, -0.2) is 13.1 Å². The van der Waals surface area contributed by atoms with Gasteiger partial charge in [-0.2, -0.15) is 0 Å². The van der Waals surface area contributed by atoms with Gasteiger partial charge in [-0.05, 0) is 47.2 Å². The quantitative estimate of drug-likeness (QED) is 0.703. The van der Waals surface area contributed by atoms with Gasteiger partial charge in [0.15, 0.2) is 0 Å². The Morgan fingerprint density at radius 2 is 2.05 bits per heavy atom. The Kier molecular flexibility index (Phi) is 6.39. The third-order valence-corrected chi connectivity index (χ3v) is 6.51. The number of thiophene rings is 1. The van der Waals surface area contributed by atoms with Gasteiger partial charge < -0.3 is 5.11 Å². The third-order valence-electron chi connectivity index (χ3n) is 3.24. The molecular weight excluding hydrogens is 378 g/mol. The molecule has 21 heavy (non-hydrogen) atoms. The van der Waals surface area contributed by atoms with Crippen LogP contribution in [0.15, 0.2) is 14.7 Å². The summed E-state index contributed by atoms with van der Waals surface area (Å²) in [7, 11) is -3.51. The molecule has 0 aliphatic carbocycles. The summed E-state index contributed by atoms with van der Waals surface area (Å²) in [6.45, 7) is 5.94. The molecule has 0 bridgehead atoms. The minimum atomic E-state index is -3.51. The molecule has 8 heteroatoms. The number of carboxylic acids is 1. The number of aryl methyl sites for hydroxylation is 1. The summed E-state index contributed by atoms with van der Waals surface area (Å²) in [6, 6.07) is 1.60. The summed E-state index contributed by atoms with van der Waals surface area (Å²) in [4.78, 5) is 11.6. The minimum Gasteiger partial charge on any atom is -0.481 e. The molecule has 5 nitrogen and oxygen atoms in total. The molecule has 0 fully saturated rings. The van der Waals surface area contributed by atoms with E-state index in [2.05, 4.69) is 20.7 Å². The van der Waals surface area contributed by atoms with Crippen LogP contribution in [-0.2, 0) is 14.8 Å². The molecule has 1 heterocycles. The number of rotatable bonds is 8. The first-order valence-corrected chi connectivity index (χ1v) is 9.60. The molecule has 2 N–H and O–H groups in total. The van der Waals surface area contributed by atoms with Gasteiger partial charge in [0.1, 0.15) is 0 Å². The van der Waals surface area contributed by atoms with Gasteiger partial charge in [-0.15, -0.1) is 11.3 Å². The number of nitrogens with one attached hydrogen (secondary N) is 1. The van der Waals surface area contributed by atoms with E-state index in [1.807, 2.05) is 13.8 Å². The first-order valence-electron chi connectivity index (χ1n) is 6.51. The highest BCUT2D eigenvalue weighted by Crippen LogP contribution is 2.30. The van der Waals surface area contributed by atoms with Crippen molar-refractivity contribution in [1.29, 1.82) is 0 Å². The van der Waals surface area contributed by atoms with Crippen molar-refractivity contribution in [3.8, 4) is 0 Å². The number of hydrogen-bond donors (Lipinski definition) is 2. The molecule has 0 unspecified atom stereocenters. The second-order valence-electron chi connectivity index (χ2n) is 5.68. The zero-order valence-corrected chi connectivity index (χ0v) is 15.5. The van der Waals surface area contributed by atoms with E-state index < -0.39 is 16.0 Å². The second-order valence-corrected chi connectivity index (χ2v) is 10.0.